The first kappa shape index (κ1) is 13.2. The highest BCUT2D eigenvalue weighted by atomic mass is 32.2. The third-order valence-corrected chi connectivity index (χ3v) is 3.78. The average molecular weight is 258 g/mol. The molecule has 1 rings (SSSR count). The SMILES string of the molecule is CCOC(=N)C1=C(SCC)SN(CC#N)N1. The standard InChI is InChI=1S/C9H14N4OS2/c1-3-14-8(11)7-9(15-4-2)16-13(12-7)6-5-10/h11-12H,3-4,6H2,1-2H3. The van der Waals surface area contributed by atoms with Gasteiger partial charge < -0.3 is 10.2 Å². The third-order valence-electron chi connectivity index (χ3n) is 1.64. The maximum atomic E-state index is 8.62. The zero-order chi connectivity index (χ0) is 12.0. The number of hydrazine groups is 1. The van der Waals surface area contributed by atoms with Gasteiger partial charge in [0.25, 0.3) is 0 Å². The van der Waals surface area contributed by atoms with E-state index in [9.17, 15) is 0 Å². The van der Waals surface area contributed by atoms with E-state index in [1.54, 1.807) is 16.2 Å². The summed E-state index contributed by atoms with van der Waals surface area (Å²) in [6, 6.07) is 2.06. The van der Waals surface area contributed by atoms with Crippen LogP contribution in [0.4, 0.5) is 0 Å². The Hall–Kier alpha value is -0.840. The van der Waals surface area contributed by atoms with Crippen molar-refractivity contribution in [2.45, 2.75) is 13.8 Å². The Kier molecular flexibility index (Phi) is 5.52. The van der Waals surface area contributed by atoms with E-state index < -0.39 is 0 Å². The van der Waals surface area contributed by atoms with Gasteiger partial charge in [0.15, 0.2) is 0 Å². The van der Waals surface area contributed by atoms with Gasteiger partial charge >= 0.3 is 0 Å². The van der Waals surface area contributed by atoms with E-state index >= 15 is 0 Å². The van der Waals surface area contributed by atoms with Gasteiger partial charge in [-0.25, -0.2) is 0 Å². The fraction of sp³-hybridized carbons (Fsp3) is 0.556. The highest BCUT2D eigenvalue weighted by Gasteiger charge is 2.26. The zero-order valence-corrected chi connectivity index (χ0v) is 10.9. The van der Waals surface area contributed by atoms with Crippen molar-refractivity contribution in [3.63, 3.8) is 0 Å². The molecule has 88 valence electrons. The van der Waals surface area contributed by atoms with Crippen LogP contribution in [0.25, 0.3) is 0 Å². The molecule has 2 N–H and O–H groups in total. The lowest BCUT2D eigenvalue weighted by Crippen LogP contribution is -2.30. The van der Waals surface area contributed by atoms with E-state index in [2.05, 4.69) is 11.5 Å². The molecule has 1 aliphatic rings. The zero-order valence-electron chi connectivity index (χ0n) is 9.24. The molecular formula is C9H14N4OS2. The minimum Gasteiger partial charge on any atom is -0.477 e. The van der Waals surface area contributed by atoms with Crippen LogP contribution in [0.5, 0.6) is 0 Å². The fourth-order valence-electron chi connectivity index (χ4n) is 1.06. The predicted octanol–water partition coefficient (Wildman–Crippen LogP) is 1.91. The molecule has 0 unspecified atom stereocenters. The van der Waals surface area contributed by atoms with E-state index in [0.717, 1.165) is 9.99 Å². The molecule has 0 amide bonds. The molecule has 7 heteroatoms. The van der Waals surface area contributed by atoms with Crippen molar-refractivity contribution in [3.8, 4) is 6.07 Å². The number of hydrogen-bond donors (Lipinski definition) is 2. The van der Waals surface area contributed by atoms with Crippen LogP contribution in [-0.2, 0) is 4.74 Å². The molecule has 0 saturated heterocycles. The molecule has 5 nitrogen and oxygen atoms in total. The van der Waals surface area contributed by atoms with Crippen LogP contribution in [0.1, 0.15) is 13.8 Å². The largest absolute Gasteiger partial charge is 0.477 e. The molecule has 0 aromatic heterocycles. The molecule has 0 bridgehead atoms. The van der Waals surface area contributed by atoms with Gasteiger partial charge in [0.05, 0.1) is 16.9 Å². The summed E-state index contributed by atoms with van der Waals surface area (Å²) in [5.74, 6) is 1.05. The fourth-order valence-corrected chi connectivity index (χ4v) is 3.13. The quantitative estimate of drug-likeness (QED) is 0.340. The van der Waals surface area contributed by atoms with Gasteiger partial charge in [-0.05, 0) is 24.6 Å². The Labute approximate surface area is 104 Å². The first-order valence-electron chi connectivity index (χ1n) is 4.90. The van der Waals surface area contributed by atoms with Crippen molar-refractivity contribution in [1.82, 2.24) is 9.84 Å². The van der Waals surface area contributed by atoms with Crippen LogP contribution in [0.2, 0.25) is 0 Å². The summed E-state index contributed by atoms with van der Waals surface area (Å²) in [6.45, 7) is 4.63. The number of nitrogens with zero attached hydrogens (tertiary/aromatic N) is 2. The topological polar surface area (TPSA) is 72.1 Å². The summed E-state index contributed by atoms with van der Waals surface area (Å²) in [4.78, 5) is 0. The van der Waals surface area contributed by atoms with Crippen molar-refractivity contribution in [3.05, 3.63) is 9.93 Å². The molecule has 16 heavy (non-hydrogen) atoms. The smallest absolute Gasteiger partial charge is 0.233 e. The highest BCUT2D eigenvalue weighted by molar-refractivity contribution is 8.21. The van der Waals surface area contributed by atoms with Crippen LogP contribution in [0.15, 0.2) is 9.93 Å². The van der Waals surface area contributed by atoms with Crippen LogP contribution in [0, 0.1) is 16.7 Å². The van der Waals surface area contributed by atoms with E-state index in [1.807, 2.05) is 13.8 Å². The van der Waals surface area contributed by atoms with Crippen molar-refractivity contribution in [2.75, 3.05) is 18.9 Å². The van der Waals surface area contributed by atoms with E-state index in [1.165, 1.54) is 11.9 Å². The first-order valence-corrected chi connectivity index (χ1v) is 6.66. The molecule has 1 aliphatic heterocycles. The number of nitriles is 1. The molecule has 0 saturated carbocycles. The Morgan fingerprint density at radius 2 is 2.44 bits per heavy atom. The van der Waals surface area contributed by atoms with Gasteiger partial charge in [0, 0.05) is 0 Å². The molecule has 0 aliphatic carbocycles. The summed E-state index contributed by atoms with van der Waals surface area (Å²) in [6.07, 6.45) is 0. The van der Waals surface area contributed by atoms with Crippen molar-refractivity contribution in [2.24, 2.45) is 0 Å². The van der Waals surface area contributed by atoms with Crippen LogP contribution >= 0.6 is 23.7 Å². The first-order chi connectivity index (χ1) is 7.72. The second-order valence-electron chi connectivity index (χ2n) is 2.76. The molecular weight excluding hydrogens is 244 g/mol. The molecule has 1 heterocycles. The van der Waals surface area contributed by atoms with Gasteiger partial charge in [0.2, 0.25) is 5.90 Å². The summed E-state index contributed by atoms with van der Waals surface area (Å²) in [5.41, 5.74) is 3.66. The summed E-state index contributed by atoms with van der Waals surface area (Å²) in [5, 5.41) is 16.4. The normalized spacial score (nSPS) is 15.8. The molecule has 0 aromatic rings. The van der Waals surface area contributed by atoms with Gasteiger partial charge in [-0.2, -0.15) is 5.26 Å². The summed E-state index contributed by atoms with van der Waals surface area (Å²) < 4.78 is 7.83. The molecule has 0 atom stereocenters. The van der Waals surface area contributed by atoms with Gasteiger partial charge in [0.1, 0.15) is 12.2 Å². The summed E-state index contributed by atoms with van der Waals surface area (Å²) >= 11 is 3.08. The molecule has 0 radical (unpaired) electrons. The second kappa shape index (κ2) is 6.68. The third kappa shape index (κ3) is 3.33. The lowest BCUT2D eigenvalue weighted by molar-refractivity contribution is 0.317. The lowest BCUT2D eigenvalue weighted by Gasteiger charge is -2.12. The van der Waals surface area contributed by atoms with E-state index in [0.29, 0.717) is 12.3 Å². The number of thioether (sulfide) groups is 1. The van der Waals surface area contributed by atoms with Crippen LogP contribution in [0.3, 0.4) is 0 Å². The number of nitrogens with one attached hydrogen (secondary N) is 2. The van der Waals surface area contributed by atoms with Gasteiger partial charge in [-0.3, -0.25) is 5.41 Å². The Balaban J connectivity index is 2.71. The van der Waals surface area contributed by atoms with E-state index in [4.69, 9.17) is 15.4 Å². The van der Waals surface area contributed by atoms with Crippen LogP contribution in [-0.4, -0.2) is 29.2 Å². The molecule has 0 fully saturated rings. The maximum absolute atomic E-state index is 8.62. The lowest BCUT2D eigenvalue weighted by atomic mass is 10.5. The number of hydrogen-bond acceptors (Lipinski definition) is 7. The van der Waals surface area contributed by atoms with Crippen molar-refractivity contribution in [1.29, 1.82) is 10.7 Å². The Bertz CT molecular complexity index is 337. The van der Waals surface area contributed by atoms with Crippen LogP contribution < -0.4 is 5.43 Å². The number of rotatable bonds is 5. The number of ether oxygens (including phenoxy) is 1. The minimum atomic E-state index is 0.131. The minimum absolute atomic E-state index is 0.131. The van der Waals surface area contributed by atoms with Gasteiger partial charge in [-0.1, -0.05) is 6.92 Å². The maximum Gasteiger partial charge on any atom is 0.233 e. The van der Waals surface area contributed by atoms with Gasteiger partial charge in [-0.15, -0.1) is 16.2 Å². The Morgan fingerprint density at radius 1 is 1.69 bits per heavy atom. The van der Waals surface area contributed by atoms with Crippen molar-refractivity contribution >= 4 is 29.6 Å². The highest BCUT2D eigenvalue weighted by Crippen LogP contribution is 2.37. The average Bonchev–Trinajstić information content (AvgIpc) is 2.63. The molecule has 0 aromatic carbocycles. The molecule has 0 spiro atoms. The summed E-state index contributed by atoms with van der Waals surface area (Å²) in [7, 11) is 0. The monoisotopic (exact) mass is 258 g/mol. The second-order valence-corrected chi connectivity index (χ2v) is 5.32. The predicted molar refractivity (Wildman–Crippen MR) is 67.6 cm³/mol. The van der Waals surface area contributed by atoms with E-state index in [-0.39, 0.29) is 12.4 Å². The van der Waals surface area contributed by atoms with Crippen molar-refractivity contribution < 1.29 is 4.74 Å². The Morgan fingerprint density at radius 3 is 3.00 bits per heavy atom.